The van der Waals surface area contributed by atoms with Crippen molar-refractivity contribution >= 4 is 11.9 Å². The fourth-order valence-electron chi connectivity index (χ4n) is 8.97. The largest absolute Gasteiger partial charge is 0.466 e. The predicted octanol–water partition coefficient (Wildman–Crippen LogP) is 15.4. The summed E-state index contributed by atoms with van der Waals surface area (Å²) < 4.78 is 17.5. The molecule has 6 nitrogen and oxygen atoms in total. The number of likely N-dealkylation sites (tertiary alicyclic amines) is 1. The van der Waals surface area contributed by atoms with Crippen molar-refractivity contribution in [3.05, 3.63) is 0 Å². The van der Waals surface area contributed by atoms with E-state index < -0.39 is 0 Å². The van der Waals surface area contributed by atoms with E-state index in [0.717, 1.165) is 63.6 Å². The summed E-state index contributed by atoms with van der Waals surface area (Å²) in [7, 11) is 0. The number of unbranched alkanes of at least 4 members (excludes halogenated alkanes) is 16. The second-order valence-corrected chi connectivity index (χ2v) is 18.5. The van der Waals surface area contributed by atoms with Crippen LogP contribution >= 0.6 is 0 Å². The van der Waals surface area contributed by atoms with Gasteiger partial charge in [-0.15, -0.1) is 0 Å². The lowest BCUT2D eigenvalue weighted by Gasteiger charge is -2.26. The van der Waals surface area contributed by atoms with Crippen LogP contribution in [0.5, 0.6) is 0 Å². The molecule has 1 saturated heterocycles. The fourth-order valence-corrected chi connectivity index (χ4v) is 8.97. The Bertz CT molecular complexity index is 804. The number of hydrogen-bond donors (Lipinski definition) is 0. The number of piperidine rings is 1. The van der Waals surface area contributed by atoms with E-state index >= 15 is 0 Å². The van der Waals surface area contributed by atoms with Crippen LogP contribution in [0, 0.1) is 17.8 Å². The van der Waals surface area contributed by atoms with Gasteiger partial charge in [-0.1, -0.05) is 188 Å². The van der Waals surface area contributed by atoms with Crippen LogP contribution in [0.2, 0.25) is 0 Å². The maximum Gasteiger partial charge on any atom is 0.305 e. The van der Waals surface area contributed by atoms with Crippen LogP contribution < -0.4 is 0 Å². The summed E-state index contributed by atoms with van der Waals surface area (Å²) in [5.74, 6) is 2.16. The van der Waals surface area contributed by atoms with Crippen molar-refractivity contribution in [2.24, 2.45) is 17.8 Å². The Morgan fingerprint density at radius 3 is 1.21 bits per heavy atom. The lowest BCUT2D eigenvalue weighted by atomic mass is 9.93. The van der Waals surface area contributed by atoms with Gasteiger partial charge < -0.3 is 19.1 Å². The van der Waals surface area contributed by atoms with E-state index in [1.807, 2.05) is 0 Å². The highest BCUT2D eigenvalue weighted by Crippen LogP contribution is 2.23. The maximum atomic E-state index is 12.3. The normalized spacial score (nSPS) is 13.6. The molecular formula is C52H101NO5. The number of hydrogen-bond acceptors (Lipinski definition) is 6. The first kappa shape index (κ1) is 54.9. The van der Waals surface area contributed by atoms with Gasteiger partial charge in [-0.05, 0) is 88.6 Å². The van der Waals surface area contributed by atoms with E-state index in [0.29, 0.717) is 32.0 Å². The summed E-state index contributed by atoms with van der Waals surface area (Å²) in [6, 6.07) is 0. The van der Waals surface area contributed by atoms with E-state index in [1.54, 1.807) is 0 Å². The molecule has 1 aliphatic heterocycles. The molecule has 1 rings (SSSR count). The van der Waals surface area contributed by atoms with E-state index in [2.05, 4.69) is 32.6 Å². The molecule has 0 saturated carbocycles. The van der Waals surface area contributed by atoms with Gasteiger partial charge in [-0.25, -0.2) is 0 Å². The average Bonchev–Trinajstić information content (AvgIpc) is 3.23. The highest BCUT2D eigenvalue weighted by molar-refractivity contribution is 5.69. The van der Waals surface area contributed by atoms with Crippen molar-refractivity contribution in [1.82, 2.24) is 4.90 Å². The molecule has 58 heavy (non-hydrogen) atoms. The minimum atomic E-state index is 0.0117. The third-order valence-corrected chi connectivity index (χ3v) is 13.0. The van der Waals surface area contributed by atoms with E-state index in [-0.39, 0.29) is 11.9 Å². The first-order valence-electron chi connectivity index (χ1n) is 26.1. The van der Waals surface area contributed by atoms with Gasteiger partial charge in [0.2, 0.25) is 0 Å². The molecule has 1 aliphatic rings. The zero-order valence-corrected chi connectivity index (χ0v) is 39.6. The number of esters is 2. The van der Waals surface area contributed by atoms with Gasteiger partial charge in [-0.2, -0.15) is 0 Å². The molecule has 1 fully saturated rings. The van der Waals surface area contributed by atoms with Crippen molar-refractivity contribution in [3.63, 3.8) is 0 Å². The van der Waals surface area contributed by atoms with Crippen LogP contribution in [0.1, 0.15) is 259 Å². The van der Waals surface area contributed by atoms with Gasteiger partial charge in [0.15, 0.2) is 0 Å². The number of carbonyl (C=O) groups is 2. The van der Waals surface area contributed by atoms with Crippen molar-refractivity contribution in [2.75, 3.05) is 46.1 Å². The molecule has 0 amide bonds. The molecule has 0 N–H and O–H groups in total. The second-order valence-electron chi connectivity index (χ2n) is 18.5. The van der Waals surface area contributed by atoms with Crippen molar-refractivity contribution in [2.45, 2.75) is 259 Å². The monoisotopic (exact) mass is 820 g/mol. The molecule has 0 aliphatic carbocycles. The van der Waals surface area contributed by atoms with Crippen LogP contribution in [0.25, 0.3) is 0 Å². The van der Waals surface area contributed by atoms with Gasteiger partial charge in [0.05, 0.1) is 13.2 Å². The first-order chi connectivity index (χ1) is 28.5. The third kappa shape index (κ3) is 35.6. The van der Waals surface area contributed by atoms with Crippen molar-refractivity contribution in [1.29, 1.82) is 0 Å². The summed E-state index contributed by atoms with van der Waals surface area (Å²) in [5, 5.41) is 0. The quantitative estimate of drug-likeness (QED) is 0.0451. The van der Waals surface area contributed by atoms with Crippen molar-refractivity contribution in [3.8, 4) is 0 Å². The van der Waals surface area contributed by atoms with Gasteiger partial charge in [0.1, 0.15) is 0 Å². The lowest BCUT2D eigenvalue weighted by Crippen LogP contribution is -2.31. The van der Waals surface area contributed by atoms with Crippen LogP contribution in [0.15, 0.2) is 0 Å². The van der Waals surface area contributed by atoms with Crippen LogP contribution in [0.3, 0.4) is 0 Å². The van der Waals surface area contributed by atoms with Gasteiger partial charge >= 0.3 is 11.9 Å². The summed E-state index contributed by atoms with van der Waals surface area (Å²) >= 11 is 0. The molecule has 0 bridgehead atoms. The van der Waals surface area contributed by atoms with Gasteiger partial charge in [-0.3, -0.25) is 9.59 Å². The van der Waals surface area contributed by atoms with Gasteiger partial charge in [0, 0.05) is 32.6 Å². The molecule has 0 aromatic heterocycles. The van der Waals surface area contributed by atoms with E-state index in [4.69, 9.17) is 14.2 Å². The average molecular weight is 820 g/mol. The number of carbonyl (C=O) groups excluding carboxylic acids is 2. The minimum Gasteiger partial charge on any atom is -0.466 e. The zero-order valence-electron chi connectivity index (χ0n) is 39.6. The Morgan fingerprint density at radius 2 is 0.793 bits per heavy atom. The Hall–Kier alpha value is -1.14. The van der Waals surface area contributed by atoms with Gasteiger partial charge in [0.25, 0.3) is 0 Å². The number of ether oxygens (including phenoxy) is 3. The zero-order chi connectivity index (χ0) is 42.0. The lowest BCUT2D eigenvalue weighted by molar-refractivity contribution is -0.145. The maximum absolute atomic E-state index is 12.3. The Morgan fingerprint density at radius 1 is 0.414 bits per heavy atom. The summed E-state index contributed by atoms with van der Waals surface area (Å²) in [4.78, 5) is 27.2. The molecule has 344 valence electrons. The Kier molecular flexibility index (Phi) is 40.3. The molecule has 0 unspecified atom stereocenters. The molecule has 0 aromatic rings. The van der Waals surface area contributed by atoms with Crippen LogP contribution in [-0.2, 0) is 23.8 Å². The molecule has 0 aromatic carbocycles. The molecular weight excluding hydrogens is 719 g/mol. The molecule has 0 radical (unpaired) electrons. The number of rotatable bonds is 44. The second kappa shape index (κ2) is 42.5. The highest BCUT2D eigenvalue weighted by atomic mass is 16.5. The smallest absolute Gasteiger partial charge is 0.305 e. The summed E-state index contributed by atoms with van der Waals surface area (Å²) in [6.07, 6.45) is 43.6. The number of nitrogens with zero attached hydrogens (tertiary/aromatic N) is 1. The topological polar surface area (TPSA) is 65.1 Å². The predicted molar refractivity (Wildman–Crippen MR) is 249 cm³/mol. The van der Waals surface area contributed by atoms with Crippen LogP contribution in [0.4, 0.5) is 0 Å². The minimum absolute atomic E-state index is 0.0117. The molecule has 0 spiro atoms. The summed E-state index contributed by atoms with van der Waals surface area (Å²) in [5.41, 5.74) is 0. The highest BCUT2D eigenvalue weighted by Gasteiger charge is 2.14. The molecule has 0 atom stereocenters. The van der Waals surface area contributed by atoms with E-state index in [1.165, 1.54) is 199 Å². The SMILES string of the molecule is CCCCC(CCCC)CCOC(=O)CCCCCCCCCC(CCCCCCCCCC(=O)OCCC(CCCC)CCCC)COCCCN1CCCCC1. The molecule has 6 heteroatoms. The van der Waals surface area contributed by atoms with Crippen LogP contribution in [-0.4, -0.2) is 62.9 Å². The Labute approximate surface area is 362 Å². The third-order valence-electron chi connectivity index (χ3n) is 13.0. The Balaban J connectivity index is 2.18. The van der Waals surface area contributed by atoms with E-state index in [9.17, 15) is 9.59 Å². The standard InChI is InChI=1S/C52H101NO5/c1-5-9-31-48(32-10-6-2)39-45-57-51(54)37-26-21-17-13-15-19-24-35-50(47-56-44-30-43-53-41-28-23-29-42-53)36-25-20-16-14-18-22-27-38-52(55)58-46-40-49(33-11-7-3)34-12-8-4/h48-50H,5-47H2,1-4H3. The summed E-state index contributed by atoms with van der Waals surface area (Å²) in [6.45, 7) is 15.9. The first-order valence-corrected chi connectivity index (χ1v) is 26.1. The van der Waals surface area contributed by atoms with Crippen molar-refractivity contribution < 1.29 is 23.8 Å². The fraction of sp³-hybridized carbons (Fsp3) is 0.962. The molecule has 1 heterocycles.